The Kier molecular flexibility index (Phi) is 12.5. The van der Waals surface area contributed by atoms with Gasteiger partial charge in [-0.1, -0.05) is 64.8 Å². The second kappa shape index (κ2) is 16.5. The fourth-order valence-electron chi connectivity index (χ4n) is 5.41. The monoisotopic (exact) mass is 601 g/mol. The molecule has 0 unspecified atom stereocenters. The van der Waals surface area contributed by atoms with Crippen LogP contribution in [0.4, 0.5) is 0 Å². The molecule has 0 saturated heterocycles. The number of halogens is 1. The number of imidazole rings is 1. The van der Waals surface area contributed by atoms with Crippen molar-refractivity contribution < 1.29 is 9.47 Å². The van der Waals surface area contributed by atoms with Gasteiger partial charge in [-0.05, 0) is 98.1 Å². The summed E-state index contributed by atoms with van der Waals surface area (Å²) >= 11 is 6.12. The van der Waals surface area contributed by atoms with E-state index in [1.807, 2.05) is 18.2 Å². The lowest BCUT2D eigenvalue weighted by molar-refractivity contribution is 0.249. The molecule has 0 aliphatic rings. The predicted octanol–water partition coefficient (Wildman–Crippen LogP) is 9.08. The molecule has 3 aromatic carbocycles. The maximum absolute atomic E-state index is 6.12. The third kappa shape index (κ3) is 9.35. The Labute approximate surface area is 263 Å². The highest BCUT2D eigenvalue weighted by molar-refractivity contribution is 6.30. The van der Waals surface area contributed by atoms with Crippen LogP contribution in [-0.4, -0.2) is 47.3 Å². The van der Waals surface area contributed by atoms with Gasteiger partial charge in [0, 0.05) is 35.7 Å². The van der Waals surface area contributed by atoms with Crippen molar-refractivity contribution in [3.63, 3.8) is 0 Å². The minimum atomic E-state index is 0.493. The van der Waals surface area contributed by atoms with Gasteiger partial charge in [0.2, 0.25) is 0 Å². The molecule has 0 N–H and O–H groups in total. The standard InChI is InChI=1S/C37H48ClN3O2/c1-6-11-35-37(30-14-18-33(19-15-30)43-25-22-29-12-9-13-31(38)27-29)39-36(26-28(4)5)41(35)32-16-20-34(21-17-32)42-24-10-23-40(7-2)8-3/h9,12-21,27-28H,6-8,10-11,22-26H2,1-5H3. The first-order valence-corrected chi connectivity index (χ1v) is 16.3. The highest BCUT2D eigenvalue weighted by Crippen LogP contribution is 2.31. The van der Waals surface area contributed by atoms with E-state index in [1.54, 1.807) is 0 Å². The fraction of sp³-hybridized carbons (Fsp3) is 0.432. The Hall–Kier alpha value is -3.28. The molecule has 4 rings (SSSR count). The second-order valence-corrected chi connectivity index (χ2v) is 11.9. The third-order valence-electron chi connectivity index (χ3n) is 7.67. The highest BCUT2D eigenvalue weighted by Gasteiger charge is 2.20. The van der Waals surface area contributed by atoms with Crippen molar-refractivity contribution in [3.05, 3.63) is 94.9 Å². The Morgan fingerprint density at radius 1 is 0.837 bits per heavy atom. The zero-order valence-corrected chi connectivity index (χ0v) is 27.4. The van der Waals surface area contributed by atoms with E-state index in [-0.39, 0.29) is 0 Å². The van der Waals surface area contributed by atoms with E-state index in [4.69, 9.17) is 26.1 Å². The van der Waals surface area contributed by atoms with Crippen molar-refractivity contribution >= 4 is 11.6 Å². The minimum Gasteiger partial charge on any atom is -0.494 e. The van der Waals surface area contributed by atoms with E-state index >= 15 is 0 Å². The Morgan fingerprint density at radius 2 is 1.51 bits per heavy atom. The Bertz CT molecular complexity index is 1390. The molecule has 0 fully saturated rings. The van der Waals surface area contributed by atoms with Gasteiger partial charge in [-0.15, -0.1) is 0 Å². The molecule has 230 valence electrons. The highest BCUT2D eigenvalue weighted by atomic mass is 35.5. The number of nitrogens with zero attached hydrogens (tertiary/aromatic N) is 3. The van der Waals surface area contributed by atoms with Crippen LogP contribution in [0.2, 0.25) is 5.02 Å². The number of ether oxygens (including phenoxy) is 2. The van der Waals surface area contributed by atoms with Crippen LogP contribution in [0.15, 0.2) is 72.8 Å². The number of hydrogen-bond acceptors (Lipinski definition) is 4. The van der Waals surface area contributed by atoms with E-state index in [1.165, 1.54) is 11.3 Å². The summed E-state index contributed by atoms with van der Waals surface area (Å²) in [5, 5.41) is 0.756. The molecule has 0 radical (unpaired) electrons. The summed E-state index contributed by atoms with van der Waals surface area (Å²) in [6, 6.07) is 24.8. The van der Waals surface area contributed by atoms with Crippen LogP contribution >= 0.6 is 11.6 Å². The summed E-state index contributed by atoms with van der Waals surface area (Å²) in [5.41, 5.74) is 5.73. The van der Waals surface area contributed by atoms with Gasteiger partial charge >= 0.3 is 0 Å². The van der Waals surface area contributed by atoms with Gasteiger partial charge in [-0.3, -0.25) is 0 Å². The summed E-state index contributed by atoms with van der Waals surface area (Å²) < 4.78 is 14.5. The predicted molar refractivity (Wildman–Crippen MR) is 180 cm³/mol. The van der Waals surface area contributed by atoms with Crippen LogP contribution in [-0.2, 0) is 19.3 Å². The summed E-state index contributed by atoms with van der Waals surface area (Å²) in [6.07, 6.45) is 4.73. The Balaban J connectivity index is 1.51. The van der Waals surface area contributed by atoms with Crippen molar-refractivity contribution in [2.75, 3.05) is 32.8 Å². The number of hydrogen-bond donors (Lipinski definition) is 0. The van der Waals surface area contributed by atoms with E-state index in [0.717, 1.165) is 97.6 Å². The van der Waals surface area contributed by atoms with Gasteiger partial charge in [0.15, 0.2) is 0 Å². The van der Waals surface area contributed by atoms with Crippen molar-refractivity contribution in [1.29, 1.82) is 0 Å². The molecule has 1 heterocycles. The normalized spacial score (nSPS) is 11.4. The fourth-order valence-corrected chi connectivity index (χ4v) is 5.62. The second-order valence-electron chi connectivity index (χ2n) is 11.5. The average molecular weight is 602 g/mol. The van der Waals surface area contributed by atoms with Crippen molar-refractivity contribution in [3.8, 4) is 28.4 Å². The van der Waals surface area contributed by atoms with Gasteiger partial charge in [0.1, 0.15) is 17.3 Å². The van der Waals surface area contributed by atoms with Crippen LogP contribution in [0.1, 0.15) is 64.5 Å². The zero-order valence-electron chi connectivity index (χ0n) is 26.6. The maximum atomic E-state index is 6.12. The molecule has 43 heavy (non-hydrogen) atoms. The lowest BCUT2D eigenvalue weighted by atomic mass is 10.1. The third-order valence-corrected chi connectivity index (χ3v) is 7.91. The first kappa shape index (κ1) is 32.6. The van der Waals surface area contributed by atoms with Crippen LogP contribution < -0.4 is 9.47 Å². The average Bonchev–Trinajstić information content (AvgIpc) is 3.35. The van der Waals surface area contributed by atoms with Gasteiger partial charge in [-0.25, -0.2) is 4.98 Å². The van der Waals surface area contributed by atoms with Gasteiger partial charge in [0.05, 0.1) is 24.6 Å². The molecule has 0 saturated carbocycles. The van der Waals surface area contributed by atoms with Crippen LogP contribution in [0, 0.1) is 5.92 Å². The van der Waals surface area contributed by atoms with Crippen LogP contribution in [0.25, 0.3) is 16.9 Å². The summed E-state index contributed by atoms with van der Waals surface area (Å²) in [5.74, 6) is 3.37. The van der Waals surface area contributed by atoms with Gasteiger partial charge in [0.25, 0.3) is 0 Å². The SMILES string of the molecule is CCCc1c(-c2ccc(OCCc3cccc(Cl)c3)cc2)nc(CC(C)C)n1-c1ccc(OCCCN(CC)CC)cc1. The molecule has 0 aliphatic carbocycles. The largest absolute Gasteiger partial charge is 0.494 e. The molecule has 0 amide bonds. The molecular weight excluding hydrogens is 554 g/mol. The molecule has 0 spiro atoms. The van der Waals surface area contributed by atoms with Crippen molar-refractivity contribution in [2.24, 2.45) is 5.92 Å². The first-order valence-electron chi connectivity index (χ1n) is 16.0. The molecule has 0 aliphatic heterocycles. The molecular formula is C37H48ClN3O2. The lowest BCUT2D eigenvalue weighted by Gasteiger charge is -2.18. The smallest absolute Gasteiger partial charge is 0.119 e. The van der Waals surface area contributed by atoms with Crippen LogP contribution in [0.3, 0.4) is 0 Å². The molecule has 0 bridgehead atoms. The van der Waals surface area contributed by atoms with Crippen molar-refractivity contribution in [2.45, 2.75) is 66.7 Å². The van der Waals surface area contributed by atoms with E-state index in [0.29, 0.717) is 12.5 Å². The molecule has 1 aromatic heterocycles. The zero-order chi connectivity index (χ0) is 30.6. The molecule has 4 aromatic rings. The van der Waals surface area contributed by atoms with Gasteiger partial charge in [-0.2, -0.15) is 0 Å². The van der Waals surface area contributed by atoms with E-state index in [9.17, 15) is 0 Å². The quantitative estimate of drug-likeness (QED) is 0.113. The summed E-state index contributed by atoms with van der Waals surface area (Å²) in [6.45, 7) is 15.7. The lowest BCUT2D eigenvalue weighted by Crippen LogP contribution is -2.25. The number of benzene rings is 3. The summed E-state index contributed by atoms with van der Waals surface area (Å²) in [4.78, 5) is 7.67. The topological polar surface area (TPSA) is 39.5 Å². The minimum absolute atomic E-state index is 0.493. The molecule has 0 atom stereocenters. The first-order chi connectivity index (χ1) is 20.9. The van der Waals surface area contributed by atoms with Crippen molar-refractivity contribution in [1.82, 2.24) is 14.5 Å². The maximum Gasteiger partial charge on any atom is 0.119 e. The molecule has 6 heteroatoms. The number of rotatable bonds is 17. The Morgan fingerprint density at radius 3 is 2.14 bits per heavy atom. The molecule has 5 nitrogen and oxygen atoms in total. The van der Waals surface area contributed by atoms with E-state index < -0.39 is 0 Å². The summed E-state index contributed by atoms with van der Waals surface area (Å²) in [7, 11) is 0. The number of aromatic nitrogens is 2. The van der Waals surface area contributed by atoms with E-state index in [2.05, 4.69) is 98.7 Å². The van der Waals surface area contributed by atoms with Crippen LogP contribution in [0.5, 0.6) is 11.5 Å². The van der Waals surface area contributed by atoms with Gasteiger partial charge < -0.3 is 18.9 Å².